The maximum Gasteiger partial charge on any atom is 0.0361 e. The van der Waals surface area contributed by atoms with Gasteiger partial charge in [-0.15, -0.1) is 0 Å². The fraction of sp³-hybridized carbons (Fsp3) is 0.294. The first kappa shape index (κ1) is 12.7. The van der Waals surface area contributed by atoms with E-state index in [9.17, 15) is 0 Å². The summed E-state index contributed by atoms with van der Waals surface area (Å²) in [7, 11) is 4.13. The number of aryl methyl sites for hydroxylation is 3. The normalized spacial score (nSPS) is 10.5. The van der Waals surface area contributed by atoms with Crippen molar-refractivity contribution < 1.29 is 0 Å². The van der Waals surface area contributed by atoms with Gasteiger partial charge in [0.25, 0.3) is 0 Å². The maximum absolute atomic E-state index is 2.25. The van der Waals surface area contributed by atoms with Crippen LogP contribution >= 0.6 is 0 Å². The van der Waals surface area contributed by atoms with Crippen LogP contribution in [0.4, 0.5) is 5.69 Å². The quantitative estimate of drug-likeness (QED) is 0.753. The van der Waals surface area contributed by atoms with Crippen LogP contribution in [0.3, 0.4) is 0 Å². The Bertz CT molecular complexity index is 527. The second-order valence-electron chi connectivity index (χ2n) is 5.22. The van der Waals surface area contributed by atoms with Gasteiger partial charge in [-0.1, -0.05) is 29.8 Å². The van der Waals surface area contributed by atoms with E-state index >= 15 is 0 Å². The average molecular weight is 239 g/mol. The van der Waals surface area contributed by atoms with Crippen LogP contribution in [0.1, 0.15) is 16.7 Å². The Kier molecular flexibility index (Phi) is 3.42. The van der Waals surface area contributed by atoms with Crippen LogP contribution in [0.15, 0.2) is 36.4 Å². The number of hydrogen-bond donors (Lipinski definition) is 0. The first-order valence-corrected chi connectivity index (χ1v) is 6.34. The highest BCUT2D eigenvalue weighted by molar-refractivity contribution is 5.72. The summed E-state index contributed by atoms with van der Waals surface area (Å²) in [5.41, 5.74) is 7.94. The lowest BCUT2D eigenvalue weighted by atomic mass is 9.94. The van der Waals surface area contributed by atoms with Crippen molar-refractivity contribution in [1.82, 2.24) is 0 Å². The molecule has 2 aromatic rings. The number of anilines is 1. The summed E-state index contributed by atoms with van der Waals surface area (Å²) in [6.45, 7) is 6.53. The van der Waals surface area contributed by atoms with Crippen molar-refractivity contribution in [1.29, 1.82) is 0 Å². The van der Waals surface area contributed by atoms with Crippen LogP contribution in [0, 0.1) is 20.8 Å². The molecule has 2 aromatic carbocycles. The molecule has 0 fully saturated rings. The van der Waals surface area contributed by atoms with Crippen LogP contribution in [0.5, 0.6) is 0 Å². The van der Waals surface area contributed by atoms with Crippen LogP contribution in [0.25, 0.3) is 11.1 Å². The zero-order chi connectivity index (χ0) is 13.3. The van der Waals surface area contributed by atoms with Gasteiger partial charge in [0, 0.05) is 19.8 Å². The molecule has 2 rings (SSSR count). The molecule has 0 saturated heterocycles. The molecule has 1 nitrogen and oxygen atoms in total. The lowest BCUT2D eigenvalue weighted by molar-refractivity contribution is 1.13. The third-order valence-corrected chi connectivity index (χ3v) is 3.35. The van der Waals surface area contributed by atoms with Gasteiger partial charge in [0.05, 0.1) is 0 Å². The molecular formula is C17H21N. The zero-order valence-electron chi connectivity index (χ0n) is 11.9. The van der Waals surface area contributed by atoms with Crippen molar-refractivity contribution in [2.45, 2.75) is 20.8 Å². The molecule has 1 heteroatoms. The summed E-state index contributed by atoms with van der Waals surface area (Å²) in [4.78, 5) is 2.12. The Morgan fingerprint density at radius 2 is 1.28 bits per heavy atom. The lowest BCUT2D eigenvalue weighted by Crippen LogP contribution is -2.08. The highest BCUT2D eigenvalue weighted by Crippen LogP contribution is 2.29. The number of nitrogens with zero attached hydrogens (tertiary/aromatic N) is 1. The molecule has 0 saturated carbocycles. The molecule has 0 aliphatic rings. The van der Waals surface area contributed by atoms with Crippen molar-refractivity contribution >= 4 is 5.69 Å². The van der Waals surface area contributed by atoms with E-state index in [1.807, 2.05) is 0 Å². The van der Waals surface area contributed by atoms with E-state index < -0.39 is 0 Å². The van der Waals surface area contributed by atoms with Crippen molar-refractivity contribution in [2.75, 3.05) is 19.0 Å². The van der Waals surface area contributed by atoms with Crippen molar-refractivity contribution in [3.8, 4) is 11.1 Å². The first-order valence-electron chi connectivity index (χ1n) is 6.34. The lowest BCUT2D eigenvalue weighted by Gasteiger charge is -2.15. The van der Waals surface area contributed by atoms with Crippen LogP contribution < -0.4 is 4.90 Å². The molecule has 0 aromatic heterocycles. The fourth-order valence-electron chi connectivity index (χ4n) is 2.56. The predicted octanol–water partition coefficient (Wildman–Crippen LogP) is 4.34. The number of benzene rings is 2. The van der Waals surface area contributed by atoms with Crippen molar-refractivity contribution in [2.24, 2.45) is 0 Å². The molecule has 0 unspecified atom stereocenters. The van der Waals surface area contributed by atoms with Gasteiger partial charge in [0.2, 0.25) is 0 Å². The Labute approximate surface area is 110 Å². The van der Waals surface area contributed by atoms with E-state index in [1.54, 1.807) is 0 Å². The molecule has 94 valence electrons. The summed E-state index contributed by atoms with van der Waals surface area (Å²) in [5, 5.41) is 0. The van der Waals surface area contributed by atoms with Gasteiger partial charge < -0.3 is 4.90 Å². The number of hydrogen-bond acceptors (Lipinski definition) is 1. The third kappa shape index (κ3) is 2.40. The zero-order valence-corrected chi connectivity index (χ0v) is 11.9. The van der Waals surface area contributed by atoms with Crippen molar-refractivity contribution in [3.63, 3.8) is 0 Å². The van der Waals surface area contributed by atoms with Gasteiger partial charge in [-0.3, -0.25) is 0 Å². The highest BCUT2D eigenvalue weighted by atomic mass is 15.1. The molecule has 0 aliphatic carbocycles. The van der Waals surface area contributed by atoms with Gasteiger partial charge >= 0.3 is 0 Å². The van der Waals surface area contributed by atoms with Gasteiger partial charge in [-0.25, -0.2) is 0 Å². The monoisotopic (exact) mass is 239 g/mol. The molecule has 18 heavy (non-hydrogen) atoms. The van der Waals surface area contributed by atoms with Crippen LogP contribution in [0.2, 0.25) is 0 Å². The molecule has 0 radical (unpaired) electrons. The second kappa shape index (κ2) is 4.85. The molecule has 0 amide bonds. The molecule has 0 bridgehead atoms. The van der Waals surface area contributed by atoms with E-state index in [4.69, 9.17) is 0 Å². The van der Waals surface area contributed by atoms with Gasteiger partial charge in [0.1, 0.15) is 0 Å². The van der Waals surface area contributed by atoms with Gasteiger partial charge in [0.15, 0.2) is 0 Å². The Morgan fingerprint density at radius 3 is 1.72 bits per heavy atom. The van der Waals surface area contributed by atoms with Crippen LogP contribution in [-0.4, -0.2) is 14.1 Å². The number of rotatable bonds is 2. The Morgan fingerprint density at radius 1 is 0.778 bits per heavy atom. The van der Waals surface area contributed by atoms with Gasteiger partial charge in [-0.2, -0.15) is 0 Å². The van der Waals surface area contributed by atoms with E-state index in [-0.39, 0.29) is 0 Å². The average Bonchev–Trinajstić information content (AvgIpc) is 2.28. The third-order valence-electron chi connectivity index (χ3n) is 3.35. The van der Waals surface area contributed by atoms with Crippen LogP contribution in [-0.2, 0) is 0 Å². The predicted molar refractivity (Wildman–Crippen MR) is 80.4 cm³/mol. The topological polar surface area (TPSA) is 3.24 Å². The largest absolute Gasteiger partial charge is 0.378 e. The summed E-state index contributed by atoms with van der Waals surface area (Å²) >= 11 is 0. The first-order chi connectivity index (χ1) is 8.49. The smallest absolute Gasteiger partial charge is 0.0361 e. The van der Waals surface area contributed by atoms with Crippen molar-refractivity contribution in [3.05, 3.63) is 53.1 Å². The molecule has 0 atom stereocenters. The Balaban J connectivity index is 2.49. The SMILES string of the molecule is Cc1cc(C)c(-c2ccc(N(C)C)cc2)c(C)c1. The van der Waals surface area contributed by atoms with E-state index in [0.29, 0.717) is 0 Å². The van der Waals surface area contributed by atoms with E-state index in [1.165, 1.54) is 33.5 Å². The van der Waals surface area contributed by atoms with E-state index in [2.05, 4.69) is 76.2 Å². The summed E-state index contributed by atoms with van der Waals surface area (Å²) < 4.78 is 0. The molecular weight excluding hydrogens is 218 g/mol. The van der Waals surface area contributed by atoms with Gasteiger partial charge in [-0.05, 0) is 55.2 Å². The standard InChI is InChI=1S/C17H21N/c1-12-10-13(2)17(14(3)11-12)15-6-8-16(9-7-15)18(4)5/h6-11H,1-5H3. The molecule has 0 heterocycles. The fourth-order valence-corrected chi connectivity index (χ4v) is 2.56. The summed E-state index contributed by atoms with van der Waals surface area (Å²) in [5.74, 6) is 0. The minimum atomic E-state index is 1.24. The maximum atomic E-state index is 2.25. The minimum Gasteiger partial charge on any atom is -0.378 e. The highest BCUT2D eigenvalue weighted by Gasteiger charge is 2.06. The minimum absolute atomic E-state index is 1.24. The summed E-state index contributed by atoms with van der Waals surface area (Å²) in [6.07, 6.45) is 0. The van der Waals surface area contributed by atoms with E-state index in [0.717, 1.165) is 0 Å². The summed E-state index contributed by atoms with van der Waals surface area (Å²) in [6, 6.07) is 13.3. The molecule has 0 N–H and O–H groups in total. The molecule has 0 spiro atoms. The Hall–Kier alpha value is -1.76. The molecule has 0 aliphatic heterocycles. The second-order valence-corrected chi connectivity index (χ2v) is 5.22.